The van der Waals surface area contributed by atoms with Crippen LogP contribution in [0.5, 0.6) is 0 Å². The lowest BCUT2D eigenvalue weighted by atomic mass is 10.1. The summed E-state index contributed by atoms with van der Waals surface area (Å²) in [5, 5.41) is 12.3. The molecular weight excluding hydrogens is 250 g/mol. The molecule has 102 valence electrons. The molecule has 0 unspecified atom stereocenters. The second kappa shape index (κ2) is 6.11. The van der Waals surface area contributed by atoms with Crippen molar-refractivity contribution in [3.63, 3.8) is 0 Å². The second-order valence-electron chi connectivity index (χ2n) is 4.59. The van der Waals surface area contributed by atoms with E-state index >= 15 is 0 Å². The molecule has 0 spiro atoms. The van der Waals surface area contributed by atoms with Crippen molar-refractivity contribution in [2.24, 2.45) is 0 Å². The van der Waals surface area contributed by atoms with E-state index in [2.05, 4.69) is 33.3 Å². The van der Waals surface area contributed by atoms with Gasteiger partial charge in [0.05, 0.1) is 11.3 Å². The van der Waals surface area contributed by atoms with E-state index in [0.717, 1.165) is 35.6 Å². The Kier molecular flexibility index (Phi) is 4.26. The highest BCUT2D eigenvalue weighted by molar-refractivity contribution is 5.68. The third kappa shape index (κ3) is 2.91. The number of nitriles is 1. The van der Waals surface area contributed by atoms with Crippen molar-refractivity contribution in [1.82, 2.24) is 15.0 Å². The predicted octanol–water partition coefficient (Wildman–Crippen LogP) is 2.85. The summed E-state index contributed by atoms with van der Waals surface area (Å²) in [5.74, 6) is 1.54. The minimum atomic E-state index is 0.529. The fourth-order valence-corrected chi connectivity index (χ4v) is 1.96. The lowest BCUT2D eigenvalue weighted by Crippen LogP contribution is -2.07. The van der Waals surface area contributed by atoms with Gasteiger partial charge in [-0.1, -0.05) is 6.92 Å². The van der Waals surface area contributed by atoms with Gasteiger partial charge in [0, 0.05) is 30.1 Å². The highest BCUT2D eigenvalue weighted by Crippen LogP contribution is 2.25. The molecule has 5 heteroatoms. The van der Waals surface area contributed by atoms with Crippen molar-refractivity contribution < 1.29 is 0 Å². The molecule has 0 fully saturated rings. The summed E-state index contributed by atoms with van der Waals surface area (Å²) in [6, 6.07) is 3.90. The minimum absolute atomic E-state index is 0.529. The number of aryl methyl sites for hydroxylation is 1. The van der Waals surface area contributed by atoms with Crippen LogP contribution in [0.2, 0.25) is 0 Å². The normalized spacial score (nSPS) is 10.1. The van der Waals surface area contributed by atoms with Crippen LogP contribution < -0.4 is 5.32 Å². The van der Waals surface area contributed by atoms with Gasteiger partial charge in [-0.25, -0.2) is 9.97 Å². The molecule has 0 aliphatic heterocycles. The van der Waals surface area contributed by atoms with Crippen LogP contribution in [0.1, 0.15) is 30.3 Å². The molecule has 1 N–H and O–H groups in total. The summed E-state index contributed by atoms with van der Waals surface area (Å²) < 4.78 is 0. The second-order valence-corrected chi connectivity index (χ2v) is 4.59. The molecule has 0 amide bonds. The van der Waals surface area contributed by atoms with Gasteiger partial charge in [0.2, 0.25) is 0 Å². The molecule has 2 rings (SSSR count). The zero-order valence-electron chi connectivity index (χ0n) is 11.9. The minimum Gasteiger partial charge on any atom is -0.370 e. The summed E-state index contributed by atoms with van der Waals surface area (Å²) in [7, 11) is 0. The summed E-state index contributed by atoms with van der Waals surface area (Å²) in [6.45, 7) is 6.82. The molecule has 20 heavy (non-hydrogen) atoms. The maximum atomic E-state index is 8.97. The van der Waals surface area contributed by atoms with E-state index < -0.39 is 0 Å². The van der Waals surface area contributed by atoms with E-state index in [1.807, 2.05) is 13.8 Å². The van der Waals surface area contributed by atoms with Gasteiger partial charge in [-0.2, -0.15) is 5.26 Å². The maximum absolute atomic E-state index is 8.97. The van der Waals surface area contributed by atoms with E-state index in [9.17, 15) is 0 Å². The molecule has 0 aromatic carbocycles. The van der Waals surface area contributed by atoms with Crippen molar-refractivity contribution in [3.05, 3.63) is 35.4 Å². The SMILES string of the molecule is CCCNc1nc(C)nc(-c2cncc(C#N)c2)c1C. The van der Waals surface area contributed by atoms with Gasteiger partial charge in [-0.3, -0.25) is 4.98 Å². The van der Waals surface area contributed by atoms with E-state index in [4.69, 9.17) is 5.26 Å². The smallest absolute Gasteiger partial charge is 0.133 e. The van der Waals surface area contributed by atoms with E-state index in [1.165, 1.54) is 0 Å². The van der Waals surface area contributed by atoms with Crippen LogP contribution in [0.4, 0.5) is 5.82 Å². The first-order valence-corrected chi connectivity index (χ1v) is 6.60. The molecule has 2 heterocycles. The highest BCUT2D eigenvalue weighted by Gasteiger charge is 2.11. The number of hydrogen-bond acceptors (Lipinski definition) is 5. The molecule has 0 bridgehead atoms. The number of pyridine rings is 1. The molecule has 5 nitrogen and oxygen atoms in total. The van der Waals surface area contributed by atoms with Crippen LogP contribution in [0.25, 0.3) is 11.3 Å². The molecule has 0 atom stereocenters. The summed E-state index contributed by atoms with van der Waals surface area (Å²) in [5.41, 5.74) is 3.16. The van der Waals surface area contributed by atoms with Gasteiger partial charge in [-0.05, 0) is 26.3 Å². The zero-order valence-corrected chi connectivity index (χ0v) is 11.9. The topological polar surface area (TPSA) is 74.5 Å². The van der Waals surface area contributed by atoms with Crippen molar-refractivity contribution in [3.8, 4) is 17.3 Å². The predicted molar refractivity (Wildman–Crippen MR) is 78.2 cm³/mol. The van der Waals surface area contributed by atoms with Crippen LogP contribution >= 0.6 is 0 Å². The molecule has 2 aromatic rings. The molecule has 0 aliphatic rings. The Balaban J connectivity index is 2.50. The summed E-state index contributed by atoms with van der Waals surface area (Å²) >= 11 is 0. The van der Waals surface area contributed by atoms with Crippen LogP contribution in [0, 0.1) is 25.2 Å². The average molecular weight is 267 g/mol. The Morgan fingerprint density at radius 1 is 1.25 bits per heavy atom. The molecule has 0 aliphatic carbocycles. The third-order valence-electron chi connectivity index (χ3n) is 2.94. The van der Waals surface area contributed by atoms with Crippen LogP contribution in [0.3, 0.4) is 0 Å². The van der Waals surface area contributed by atoms with Crippen molar-refractivity contribution >= 4 is 5.82 Å². The van der Waals surface area contributed by atoms with E-state index in [1.54, 1.807) is 18.5 Å². The van der Waals surface area contributed by atoms with Gasteiger partial charge in [0.25, 0.3) is 0 Å². The number of rotatable bonds is 4. The number of anilines is 1. The lowest BCUT2D eigenvalue weighted by Gasteiger charge is -2.12. The highest BCUT2D eigenvalue weighted by atomic mass is 15.0. The van der Waals surface area contributed by atoms with Crippen LogP contribution in [-0.4, -0.2) is 21.5 Å². The largest absolute Gasteiger partial charge is 0.370 e. The lowest BCUT2D eigenvalue weighted by molar-refractivity contribution is 0.947. The zero-order chi connectivity index (χ0) is 14.5. The van der Waals surface area contributed by atoms with Gasteiger partial charge in [-0.15, -0.1) is 0 Å². The van der Waals surface area contributed by atoms with Crippen LogP contribution in [0.15, 0.2) is 18.5 Å². The number of nitrogens with one attached hydrogen (secondary N) is 1. The Morgan fingerprint density at radius 3 is 2.75 bits per heavy atom. The Bertz CT molecular complexity index is 658. The number of nitrogens with zero attached hydrogens (tertiary/aromatic N) is 4. The van der Waals surface area contributed by atoms with Crippen molar-refractivity contribution in [2.45, 2.75) is 27.2 Å². The monoisotopic (exact) mass is 267 g/mol. The molecule has 0 radical (unpaired) electrons. The van der Waals surface area contributed by atoms with Crippen LogP contribution in [-0.2, 0) is 0 Å². The van der Waals surface area contributed by atoms with E-state index in [0.29, 0.717) is 11.4 Å². The van der Waals surface area contributed by atoms with E-state index in [-0.39, 0.29) is 0 Å². The molecule has 0 saturated carbocycles. The van der Waals surface area contributed by atoms with Gasteiger partial charge in [0.15, 0.2) is 0 Å². The average Bonchev–Trinajstić information content (AvgIpc) is 2.47. The van der Waals surface area contributed by atoms with Gasteiger partial charge < -0.3 is 5.32 Å². The standard InChI is InChI=1S/C15H17N5/c1-4-5-18-15-10(2)14(19-11(3)20-15)13-6-12(7-16)8-17-9-13/h6,8-9H,4-5H2,1-3H3,(H,18,19,20). The first kappa shape index (κ1) is 13.9. The fourth-order valence-electron chi connectivity index (χ4n) is 1.96. The first-order chi connectivity index (χ1) is 9.65. The summed E-state index contributed by atoms with van der Waals surface area (Å²) in [6.07, 6.45) is 4.30. The molecule has 2 aromatic heterocycles. The first-order valence-electron chi connectivity index (χ1n) is 6.60. The third-order valence-corrected chi connectivity index (χ3v) is 2.94. The maximum Gasteiger partial charge on any atom is 0.133 e. The van der Waals surface area contributed by atoms with Crippen molar-refractivity contribution in [2.75, 3.05) is 11.9 Å². The Hall–Kier alpha value is -2.48. The van der Waals surface area contributed by atoms with Gasteiger partial charge in [0.1, 0.15) is 17.7 Å². The number of hydrogen-bond donors (Lipinski definition) is 1. The van der Waals surface area contributed by atoms with Crippen molar-refractivity contribution in [1.29, 1.82) is 5.26 Å². The Morgan fingerprint density at radius 2 is 2.05 bits per heavy atom. The van der Waals surface area contributed by atoms with Gasteiger partial charge >= 0.3 is 0 Å². The summed E-state index contributed by atoms with van der Waals surface area (Å²) in [4.78, 5) is 13.0. The number of aromatic nitrogens is 3. The fraction of sp³-hybridized carbons (Fsp3) is 0.333. The quantitative estimate of drug-likeness (QED) is 0.922. The Labute approximate surface area is 118 Å². The molecular formula is C15H17N5. The molecule has 0 saturated heterocycles.